The molecule has 0 aliphatic carbocycles. The molecule has 1 amide bonds. The molecule has 2 aromatic carbocycles. The molecule has 0 saturated carbocycles. The maximum absolute atomic E-state index is 12.2. The van der Waals surface area contributed by atoms with Crippen LogP contribution in [0.1, 0.15) is 12.8 Å². The van der Waals surface area contributed by atoms with E-state index in [0.29, 0.717) is 23.7 Å². The molecule has 1 aromatic heterocycles. The first-order valence-electron chi connectivity index (χ1n) is 9.11. The molecular weight excluding hydrogens is 414 g/mol. The lowest BCUT2D eigenvalue weighted by atomic mass is 10.2. The molecule has 1 aliphatic rings. The molecule has 9 heteroatoms. The minimum Gasteiger partial charge on any atom is -0.466 e. The maximum Gasteiger partial charge on any atom is 0.326 e. The number of aryl methyl sites for hydroxylation is 1. The van der Waals surface area contributed by atoms with Gasteiger partial charge < -0.3 is 15.0 Å². The molecular formula is C20H18ClN3O4S. The second-order valence-corrected chi connectivity index (χ2v) is 8.29. The number of benzene rings is 2. The number of esters is 1. The third kappa shape index (κ3) is 4.33. The van der Waals surface area contributed by atoms with E-state index in [2.05, 4.69) is 10.3 Å². The normalized spacial score (nSPS) is 15.8. The van der Waals surface area contributed by atoms with Crippen molar-refractivity contribution in [3.63, 3.8) is 0 Å². The Labute approximate surface area is 175 Å². The van der Waals surface area contributed by atoms with Gasteiger partial charge in [-0.3, -0.25) is 14.2 Å². The number of fused-ring (bicyclic) bond motifs is 2. The van der Waals surface area contributed by atoms with E-state index in [1.807, 2.05) is 30.3 Å². The van der Waals surface area contributed by atoms with Crippen LogP contribution in [0.4, 0.5) is 5.69 Å². The average Bonchev–Trinajstić information content (AvgIpc) is 3.01. The van der Waals surface area contributed by atoms with Crippen LogP contribution in [0.3, 0.4) is 0 Å². The molecule has 0 unspecified atom stereocenters. The van der Waals surface area contributed by atoms with E-state index in [-0.39, 0.29) is 24.6 Å². The van der Waals surface area contributed by atoms with Crippen molar-refractivity contribution in [1.82, 2.24) is 9.55 Å². The third-order valence-corrected chi connectivity index (χ3v) is 6.09. The van der Waals surface area contributed by atoms with E-state index in [1.165, 1.54) is 11.8 Å². The summed E-state index contributed by atoms with van der Waals surface area (Å²) in [5.41, 5.74) is 2.06. The van der Waals surface area contributed by atoms with E-state index >= 15 is 0 Å². The topological polar surface area (TPSA) is 93.2 Å². The van der Waals surface area contributed by atoms with Crippen molar-refractivity contribution in [3.05, 3.63) is 58.0 Å². The Morgan fingerprint density at radius 1 is 1.21 bits per heavy atom. The Kier molecular flexibility index (Phi) is 5.64. The van der Waals surface area contributed by atoms with E-state index in [0.717, 1.165) is 15.9 Å². The Hall–Kier alpha value is -2.71. The molecule has 0 radical (unpaired) electrons. The molecule has 1 atom stereocenters. The minimum atomic E-state index is -0.549. The van der Waals surface area contributed by atoms with Crippen molar-refractivity contribution < 1.29 is 14.3 Å². The van der Waals surface area contributed by atoms with Crippen LogP contribution in [0, 0.1) is 0 Å². The number of H-pyrrole nitrogens is 1. The molecule has 0 spiro atoms. The SMILES string of the molecule is O=C(C[C@@H]1Sc2ccc(Cl)cc2NC1=O)OCCCn1c(=O)[nH]c2ccccc21. The number of aromatic nitrogens is 2. The number of nitrogens with one attached hydrogen (secondary N) is 2. The predicted octanol–water partition coefficient (Wildman–Crippen LogP) is 3.42. The number of para-hydroxylation sites is 2. The first-order valence-corrected chi connectivity index (χ1v) is 10.4. The monoisotopic (exact) mass is 431 g/mol. The number of aromatic amines is 1. The standard InChI is InChI=1S/C20H18ClN3O4S/c21-12-6-7-16-14(10-12)22-19(26)17(29-16)11-18(25)28-9-3-8-24-15-5-2-1-4-13(15)23-20(24)27/h1-2,4-7,10,17H,3,8-9,11H2,(H,22,26)(H,23,27)/t17-/m0/s1. The van der Waals surface area contributed by atoms with Gasteiger partial charge in [0.05, 0.1) is 35.0 Å². The smallest absolute Gasteiger partial charge is 0.326 e. The Morgan fingerprint density at radius 2 is 2.03 bits per heavy atom. The molecule has 29 heavy (non-hydrogen) atoms. The highest BCUT2D eigenvalue weighted by Gasteiger charge is 2.29. The van der Waals surface area contributed by atoms with Gasteiger partial charge in [0.1, 0.15) is 0 Å². The number of halogens is 1. The lowest BCUT2D eigenvalue weighted by molar-refractivity contribution is -0.144. The van der Waals surface area contributed by atoms with Crippen LogP contribution in [-0.4, -0.2) is 33.3 Å². The summed E-state index contributed by atoms with van der Waals surface area (Å²) in [7, 11) is 0. The molecule has 0 saturated heterocycles. The number of hydrogen-bond donors (Lipinski definition) is 2. The number of nitrogens with zero attached hydrogens (tertiary/aromatic N) is 1. The van der Waals surface area contributed by atoms with Crippen LogP contribution >= 0.6 is 23.4 Å². The number of amides is 1. The Morgan fingerprint density at radius 3 is 2.90 bits per heavy atom. The fraction of sp³-hybridized carbons (Fsp3) is 0.250. The quantitative estimate of drug-likeness (QED) is 0.460. The summed E-state index contributed by atoms with van der Waals surface area (Å²) in [6, 6.07) is 12.7. The first-order chi connectivity index (χ1) is 14.0. The summed E-state index contributed by atoms with van der Waals surface area (Å²) in [6.07, 6.45) is 0.477. The summed E-state index contributed by atoms with van der Waals surface area (Å²) in [5.74, 6) is -0.687. The second-order valence-electron chi connectivity index (χ2n) is 6.61. The van der Waals surface area contributed by atoms with Crippen molar-refractivity contribution >= 4 is 52.0 Å². The largest absolute Gasteiger partial charge is 0.466 e. The molecule has 4 rings (SSSR count). The molecule has 2 N–H and O–H groups in total. The van der Waals surface area contributed by atoms with Crippen LogP contribution < -0.4 is 11.0 Å². The molecule has 1 aliphatic heterocycles. The zero-order valence-electron chi connectivity index (χ0n) is 15.3. The number of anilines is 1. The molecule has 0 fully saturated rings. The molecule has 150 valence electrons. The summed E-state index contributed by atoms with van der Waals surface area (Å²) in [5, 5.41) is 2.76. The van der Waals surface area contributed by atoms with Crippen LogP contribution in [0.15, 0.2) is 52.2 Å². The lowest BCUT2D eigenvalue weighted by Crippen LogP contribution is -2.31. The molecule has 0 bridgehead atoms. The van der Waals surface area contributed by atoms with Crippen LogP contribution in [0.5, 0.6) is 0 Å². The van der Waals surface area contributed by atoms with Crippen molar-refractivity contribution in [2.75, 3.05) is 11.9 Å². The second kappa shape index (κ2) is 8.34. The number of thioether (sulfide) groups is 1. The van der Waals surface area contributed by atoms with Crippen LogP contribution in [0.25, 0.3) is 11.0 Å². The number of carbonyl (C=O) groups is 2. The number of carbonyl (C=O) groups excluding carboxylic acids is 2. The molecule has 3 aromatic rings. The summed E-state index contributed by atoms with van der Waals surface area (Å²) >= 11 is 7.26. The van der Waals surface area contributed by atoms with Gasteiger partial charge in [0.15, 0.2) is 0 Å². The Bertz CT molecular complexity index is 1140. The van der Waals surface area contributed by atoms with Gasteiger partial charge in [-0.25, -0.2) is 4.79 Å². The average molecular weight is 432 g/mol. The van der Waals surface area contributed by atoms with E-state index in [9.17, 15) is 14.4 Å². The van der Waals surface area contributed by atoms with Gasteiger partial charge in [-0.1, -0.05) is 23.7 Å². The number of imidazole rings is 1. The summed E-state index contributed by atoms with van der Waals surface area (Å²) in [6.45, 7) is 0.610. The van der Waals surface area contributed by atoms with E-state index < -0.39 is 11.2 Å². The van der Waals surface area contributed by atoms with Crippen molar-refractivity contribution in [2.45, 2.75) is 29.5 Å². The van der Waals surface area contributed by atoms with Crippen LogP contribution in [0.2, 0.25) is 5.02 Å². The fourth-order valence-corrected chi connectivity index (χ4v) is 4.45. The van der Waals surface area contributed by atoms with Gasteiger partial charge in [-0.05, 0) is 36.8 Å². The fourth-order valence-electron chi connectivity index (χ4n) is 3.20. The van der Waals surface area contributed by atoms with Crippen molar-refractivity contribution in [3.8, 4) is 0 Å². The van der Waals surface area contributed by atoms with Gasteiger partial charge in [0.2, 0.25) is 5.91 Å². The number of rotatable bonds is 6. The van der Waals surface area contributed by atoms with Gasteiger partial charge in [-0.15, -0.1) is 11.8 Å². The van der Waals surface area contributed by atoms with Gasteiger partial charge >= 0.3 is 11.7 Å². The highest BCUT2D eigenvalue weighted by Crippen LogP contribution is 2.38. The lowest BCUT2D eigenvalue weighted by Gasteiger charge is -2.23. The number of hydrogen-bond acceptors (Lipinski definition) is 5. The predicted molar refractivity (Wildman–Crippen MR) is 112 cm³/mol. The molecule has 2 heterocycles. The third-order valence-electron chi connectivity index (χ3n) is 4.58. The number of ether oxygens (including phenoxy) is 1. The minimum absolute atomic E-state index is 0.0222. The van der Waals surface area contributed by atoms with Gasteiger partial charge in [-0.2, -0.15) is 0 Å². The summed E-state index contributed by atoms with van der Waals surface area (Å²) in [4.78, 5) is 40.1. The van der Waals surface area contributed by atoms with Gasteiger partial charge in [0, 0.05) is 16.5 Å². The highest BCUT2D eigenvalue weighted by atomic mass is 35.5. The Balaban J connectivity index is 1.28. The van der Waals surface area contributed by atoms with Crippen LogP contribution in [-0.2, 0) is 20.9 Å². The highest BCUT2D eigenvalue weighted by molar-refractivity contribution is 8.01. The summed E-state index contributed by atoms with van der Waals surface area (Å²) < 4.78 is 6.89. The maximum atomic E-state index is 12.2. The van der Waals surface area contributed by atoms with E-state index in [1.54, 1.807) is 16.7 Å². The van der Waals surface area contributed by atoms with Gasteiger partial charge in [0.25, 0.3) is 0 Å². The van der Waals surface area contributed by atoms with Crippen molar-refractivity contribution in [1.29, 1.82) is 0 Å². The molecule has 7 nitrogen and oxygen atoms in total. The zero-order valence-corrected chi connectivity index (χ0v) is 16.9. The van der Waals surface area contributed by atoms with E-state index in [4.69, 9.17) is 16.3 Å². The zero-order chi connectivity index (χ0) is 20.4. The van der Waals surface area contributed by atoms with Crippen molar-refractivity contribution in [2.24, 2.45) is 0 Å². The first kappa shape index (κ1) is 19.6.